The lowest BCUT2D eigenvalue weighted by Crippen LogP contribution is -2.44. The lowest BCUT2D eigenvalue weighted by atomic mass is 9.93. The van der Waals surface area contributed by atoms with Crippen LogP contribution in [0.1, 0.15) is 24.8 Å². The number of rotatable bonds is 7. The van der Waals surface area contributed by atoms with Crippen LogP contribution < -0.4 is 9.47 Å². The first-order valence-corrected chi connectivity index (χ1v) is 11.9. The summed E-state index contributed by atoms with van der Waals surface area (Å²) in [5.74, 6) is 1.39. The minimum atomic E-state index is -0.313. The van der Waals surface area contributed by atoms with Crippen molar-refractivity contribution < 1.29 is 23.4 Å². The van der Waals surface area contributed by atoms with Gasteiger partial charge in [0.15, 0.2) is 11.5 Å². The largest absolute Gasteiger partial charge is 0.486 e. The summed E-state index contributed by atoms with van der Waals surface area (Å²) in [4.78, 5) is 16.6. The molecule has 0 N–H and O–H groups in total. The van der Waals surface area contributed by atoms with Crippen molar-refractivity contribution in [2.75, 3.05) is 39.4 Å². The lowest BCUT2D eigenvalue weighted by molar-refractivity contribution is 0.0462. The number of fused-ring (bicyclic) bond motifs is 1. The predicted octanol–water partition coefficient (Wildman–Crippen LogP) is 4.36. The Morgan fingerprint density at radius 2 is 1.71 bits per heavy atom. The average molecular weight is 523 g/mol. The second-order valence-corrected chi connectivity index (χ2v) is 9.29. The molecule has 2 fully saturated rings. The van der Waals surface area contributed by atoms with Gasteiger partial charge in [-0.05, 0) is 62.4 Å². The van der Waals surface area contributed by atoms with Gasteiger partial charge in [-0.15, -0.1) is 0 Å². The fourth-order valence-corrected chi connectivity index (χ4v) is 5.07. The van der Waals surface area contributed by atoms with Gasteiger partial charge >= 0.3 is 6.09 Å². The maximum Gasteiger partial charge on any atom is 0.410 e. The molecule has 3 aliphatic heterocycles. The van der Waals surface area contributed by atoms with Gasteiger partial charge in [0.25, 0.3) is 0 Å². The Bertz CT molecular complexity index is 960. The van der Waals surface area contributed by atoms with Crippen molar-refractivity contribution in [3.05, 3.63) is 59.9 Å². The predicted molar refractivity (Wildman–Crippen MR) is 143 cm³/mol. The Kier molecular flexibility index (Phi) is 10.0. The number of cyclic esters (lactones) is 1. The van der Waals surface area contributed by atoms with Gasteiger partial charge in [-0.25, -0.2) is 9.18 Å². The highest BCUT2D eigenvalue weighted by atomic mass is 32.1. The Labute approximate surface area is 220 Å². The third-order valence-corrected chi connectivity index (χ3v) is 6.96. The average Bonchev–Trinajstić information content (AvgIpc) is 3.18. The minimum absolute atomic E-state index is 0. The molecule has 0 saturated carbocycles. The normalized spacial score (nSPS) is 22.2. The van der Waals surface area contributed by atoms with E-state index >= 15 is 0 Å². The first-order valence-electron chi connectivity index (χ1n) is 11.9. The molecule has 3 heterocycles. The van der Waals surface area contributed by atoms with Crippen molar-refractivity contribution in [2.24, 2.45) is 5.92 Å². The first-order chi connectivity index (χ1) is 16.1. The number of carbonyl (C=O) groups is 1. The van der Waals surface area contributed by atoms with Crippen LogP contribution in [-0.2, 0) is 11.2 Å². The molecule has 0 spiro atoms. The number of nitrogens with zero attached hydrogens (tertiary/aromatic N) is 2. The van der Waals surface area contributed by atoms with Crippen LogP contribution in [0.25, 0.3) is 0 Å². The summed E-state index contributed by atoms with van der Waals surface area (Å²) < 4.78 is 30.6. The van der Waals surface area contributed by atoms with E-state index in [-0.39, 0.29) is 51.0 Å². The molecule has 2 aromatic carbocycles. The number of amides is 1. The number of hydrogen-bond donors (Lipinski definition) is 0. The maximum atomic E-state index is 13.5. The zero-order valence-corrected chi connectivity index (χ0v) is 21.8. The molecule has 0 unspecified atom stereocenters. The summed E-state index contributed by atoms with van der Waals surface area (Å²) in [5.41, 5.74) is 1.23. The van der Waals surface area contributed by atoms with E-state index in [1.807, 2.05) is 23.1 Å². The number of hydrogen-bond acceptors (Lipinski definition) is 5. The van der Waals surface area contributed by atoms with Crippen molar-refractivity contribution in [1.82, 2.24) is 9.80 Å². The van der Waals surface area contributed by atoms with Crippen LogP contribution in [0.2, 0.25) is 0 Å². The van der Waals surface area contributed by atoms with Crippen LogP contribution in [-0.4, -0.2) is 67.4 Å². The third kappa shape index (κ3) is 6.98. The van der Waals surface area contributed by atoms with Gasteiger partial charge in [0.2, 0.25) is 0 Å². The molecule has 0 radical (unpaired) electrons. The molecule has 35 heavy (non-hydrogen) atoms. The Balaban J connectivity index is 0.00000171. The van der Waals surface area contributed by atoms with Crippen LogP contribution in [0.4, 0.5) is 9.18 Å². The summed E-state index contributed by atoms with van der Waals surface area (Å²) in [6, 6.07) is 14.8. The molecular weight excluding hydrogens is 487 g/mol. The topological polar surface area (TPSA) is 51.2 Å². The van der Waals surface area contributed by atoms with Gasteiger partial charge in [-0.2, -0.15) is 27.0 Å². The quantitative estimate of drug-likeness (QED) is 0.541. The highest BCUT2D eigenvalue weighted by molar-refractivity contribution is 7.59. The van der Waals surface area contributed by atoms with Crippen LogP contribution in [0.3, 0.4) is 0 Å². The first kappa shape index (κ1) is 27.5. The summed E-state index contributed by atoms with van der Waals surface area (Å²) in [7, 11) is 0. The van der Waals surface area contributed by atoms with Crippen LogP contribution in [0.15, 0.2) is 48.5 Å². The third-order valence-electron chi connectivity index (χ3n) is 6.96. The Morgan fingerprint density at radius 3 is 2.49 bits per heavy atom. The molecule has 0 aliphatic carbocycles. The molecule has 5 rings (SSSR count). The Morgan fingerprint density at radius 1 is 0.943 bits per heavy atom. The number of halogens is 1. The number of benzene rings is 2. The van der Waals surface area contributed by atoms with Gasteiger partial charge in [0.1, 0.15) is 25.1 Å². The van der Waals surface area contributed by atoms with E-state index in [0.29, 0.717) is 30.6 Å². The van der Waals surface area contributed by atoms with Crippen LogP contribution in [0.5, 0.6) is 11.5 Å². The lowest BCUT2D eigenvalue weighted by Gasteiger charge is -2.36. The molecule has 2 atom stereocenters. The summed E-state index contributed by atoms with van der Waals surface area (Å²) in [6.07, 6.45) is 3.77. The molecule has 2 saturated heterocycles. The van der Waals surface area contributed by atoms with E-state index in [9.17, 15) is 9.18 Å². The molecule has 192 valence electrons. The zero-order chi connectivity index (χ0) is 22.6. The molecular formula is C26H35FN2O4S2. The molecule has 3 aliphatic rings. The number of carbonyl (C=O) groups excluding carboxylic acids is 1. The van der Waals surface area contributed by atoms with Gasteiger partial charge in [-0.3, -0.25) is 4.90 Å². The highest BCUT2D eigenvalue weighted by Gasteiger charge is 2.33. The fourth-order valence-electron chi connectivity index (χ4n) is 5.07. The summed E-state index contributed by atoms with van der Waals surface area (Å²) in [5, 5.41) is 0. The second-order valence-electron chi connectivity index (χ2n) is 9.29. The molecule has 6 nitrogen and oxygen atoms in total. The van der Waals surface area contributed by atoms with Crippen molar-refractivity contribution >= 4 is 33.1 Å². The highest BCUT2D eigenvalue weighted by Crippen LogP contribution is 2.33. The molecule has 0 aromatic heterocycles. The smallest absolute Gasteiger partial charge is 0.410 e. The van der Waals surface area contributed by atoms with E-state index in [2.05, 4.69) is 17.0 Å². The van der Waals surface area contributed by atoms with E-state index in [0.717, 1.165) is 51.9 Å². The SMILES string of the molecule is O=C1OC[C@H](Cc2ccccc2)N1CCC1CCN(C[C@H]2COc3ccc(F)cc3O2)CC1.S.S. The number of likely N-dealkylation sites (tertiary alicyclic amines) is 1. The molecule has 2 aromatic rings. The number of ether oxygens (including phenoxy) is 3. The monoisotopic (exact) mass is 522 g/mol. The summed E-state index contributed by atoms with van der Waals surface area (Å²) in [6.45, 7) is 4.49. The zero-order valence-electron chi connectivity index (χ0n) is 19.8. The van der Waals surface area contributed by atoms with Gasteiger partial charge in [0.05, 0.1) is 6.04 Å². The van der Waals surface area contributed by atoms with E-state index in [4.69, 9.17) is 14.2 Å². The standard InChI is InChI=1S/C26H31FN2O4.2H2S/c27-21-6-7-24-25(15-21)33-23(18-31-24)16-28-11-8-19(9-12-28)10-13-29-22(17-32-26(29)30)14-20-4-2-1-3-5-20;;/h1-7,15,19,22-23H,8-14,16-18H2;2*1H2/t22-,23-;;/m0../s1. The summed E-state index contributed by atoms with van der Waals surface area (Å²) >= 11 is 0. The van der Waals surface area contributed by atoms with Gasteiger partial charge in [0, 0.05) is 19.2 Å². The molecule has 1 amide bonds. The van der Waals surface area contributed by atoms with E-state index < -0.39 is 0 Å². The van der Waals surface area contributed by atoms with Crippen LogP contribution in [0, 0.1) is 11.7 Å². The number of piperidine rings is 1. The molecule has 0 bridgehead atoms. The van der Waals surface area contributed by atoms with E-state index in [1.165, 1.54) is 17.7 Å². The maximum absolute atomic E-state index is 13.5. The van der Waals surface area contributed by atoms with Crippen molar-refractivity contribution in [1.29, 1.82) is 0 Å². The van der Waals surface area contributed by atoms with Crippen molar-refractivity contribution in [3.8, 4) is 11.5 Å². The van der Waals surface area contributed by atoms with Crippen LogP contribution >= 0.6 is 27.0 Å². The van der Waals surface area contributed by atoms with E-state index in [1.54, 1.807) is 6.07 Å². The van der Waals surface area contributed by atoms with Crippen molar-refractivity contribution in [2.45, 2.75) is 37.8 Å². The van der Waals surface area contributed by atoms with Gasteiger partial charge < -0.3 is 19.1 Å². The molecule has 9 heteroatoms. The fraction of sp³-hybridized carbons (Fsp3) is 0.500. The minimum Gasteiger partial charge on any atom is -0.486 e. The van der Waals surface area contributed by atoms with Crippen molar-refractivity contribution in [3.63, 3.8) is 0 Å². The Hall–Kier alpha value is -2.10. The second kappa shape index (κ2) is 12.7. The van der Waals surface area contributed by atoms with Gasteiger partial charge in [-0.1, -0.05) is 30.3 Å².